The highest BCUT2D eigenvalue weighted by atomic mass is 32.2. The maximum Gasteiger partial charge on any atom is 0.243 e. The van der Waals surface area contributed by atoms with E-state index in [1.165, 1.54) is 0 Å². The molecule has 1 saturated heterocycles. The van der Waals surface area contributed by atoms with Crippen molar-refractivity contribution in [1.29, 1.82) is 5.26 Å². The number of aromatic nitrogens is 4. The van der Waals surface area contributed by atoms with Gasteiger partial charge in [-0.15, -0.1) is 0 Å². The first kappa shape index (κ1) is 26.7. The van der Waals surface area contributed by atoms with Crippen LogP contribution in [0.1, 0.15) is 31.2 Å². The number of hydrogen-bond acceptors (Lipinski definition) is 5. The predicted molar refractivity (Wildman–Crippen MR) is 160 cm³/mol. The highest BCUT2D eigenvalue weighted by molar-refractivity contribution is 7.89. The van der Waals surface area contributed by atoms with Crippen molar-refractivity contribution in [3.63, 3.8) is 0 Å². The average molecular weight is 563 g/mol. The molecule has 8 nitrogen and oxygen atoms in total. The lowest BCUT2D eigenvalue weighted by Gasteiger charge is -2.30. The van der Waals surface area contributed by atoms with Crippen LogP contribution in [0.4, 0.5) is 0 Å². The highest BCUT2D eigenvalue weighted by Crippen LogP contribution is 2.31. The number of para-hydroxylation sites is 3. The quantitative estimate of drug-likeness (QED) is 0.240. The Bertz CT molecular complexity index is 1910. The highest BCUT2D eigenvalue weighted by Gasteiger charge is 2.29. The Balaban J connectivity index is 1.48. The van der Waals surface area contributed by atoms with Crippen molar-refractivity contribution in [1.82, 2.24) is 23.6 Å². The standard InChI is InChI=1S/C32H30N6O2S/c1-23-10-9-17-37(21-23)41(39,40)28-14-8-11-24(19-28)31-26(22-38(35-31)27-12-4-3-5-13-27)18-25(20-33)32-34-29-15-6-7-16-30(29)36(32)2/h3-8,11-16,18-19,22-23H,9-10,17,21H2,1-2H3/b25-18-. The number of imidazole rings is 1. The van der Waals surface area contributed by atoms with Crippen molar-refractivity contribution in [3.8, 4) is 23.0 Å². The molecule has 1 unspecified atom stereocenters. The number of benzene rings is 3. The first-order chi connectivity index (χ1) is 19.8. The van der Waals surface area contributed by atoms with Gasteiger partial charge in [0, 0.05) is 37.5 Å². The van der Waals surface area contributed by atoms with E-state index in [2.05, 4.69) is 13.0 Å². The lowest BCUT2D eigenvalue weighted by atomic mass is 10.0. The smallest absolute Gasteiger partial charge is 0.243 e. The summed E-state index contributed by atoms with van der Waals surface area (Å²) in [6.45, 7) is 3.13. The normalized spacial score (nSPS) is 16.6. The fourth-order valence-electron chi connectivity index (χ4n) is 5.44. The van der Waals surface area contributed by atoms with Gasteiger partial charge in [-0.3, -0.25) is 0 Å². The van der Waals surface area contributed by atoms with E-state index in [1.54, 1.807) is 33.3 Å². The number of rotatable bonds is 6. The Labute approximate surface area is 239 Å². The second-order valence-electron chi connectivity index (χ2n) is 10.5. The van der Waals surface area contributed by atoms with Gasteiger partial charge < -0.3 is 4.57 Å². The number of aryl methyl sites for hydroxylation is 1. The summed E-state index contributed by atoms with van der Waals surface area (Å²) in [5.74, 6) is 0.870. The summed E-state index contributed by atoms with van der Waals surface area (Å²) in [5.41, 5.74) is 4.86. The Kier molecular flexibility index (Phi) is 7.03. The van der Waals surface area contributed by atoms with Gasteiger partial charge in [-0.05, 0) is 61.2 Å². The maximum atomic E-state index is 13.6. The number of nitrogens with zero attached hydrogens (tertiary/aromatic N) is 6. The van der Waals surface area contributed by atoms with Crippen LogP contribution in [-0.4, -0.2) is 45.1 Å². The largest absolute Gasteiger partial charge is 0.327 e. The van der Waals surface area contributed by atoms with Crippen LogP contribution < -0.4 is 0 Å². The van der Waals surface area contributed by atoms with E-state index in [0.29, 0.717) is 47.2 Å². The van der Waals surface area contributed by atoms with Crippen molar-refractivity contribution in [2.24, 2.45) is 13.0 Å². The van der Waals surface area contributed by atoms with Crippen LogP contribution in [0.5, 0.6) is 0 Å². The van der Waals surface area contributed by atoms with E-state index in [-0.39, 0.29) is 4.90 Å². The minimum absolute atomic E-state index is 0.240. The molecule has 2 aromatic heterocycles. The molecule has 1 aliphatic rings. The molecule has 0 spiro atoms. The van der Waals surface area contributed by atoms with Gasteiger partial charge in [-0.25, -0.2) is 18.1 Å². The second-order valence-corrected chi connectivity index (χ2v) is 12.4. The molecular weight excluding hydrogens is 532 g/mol. The summed E-state index contributed by atoms with van der Waals surface area (Å²) in [6.07, 6.45) is 5.52. The van der Waals surface area contributed by atoms with Crippen molar-refractivity contribution in [3.05, 3.63) is 96.4 Å². The molecule has 1 fully saturated rings. The molecule has 0 bridgehead atoms. The topological polar surface area (TPSA) is 96.8 Å². The van der Waals surface area contributed by atoms with Crippen molar-refractivity contribution >= 4 is 32.7 Å². The molecule has 9 heteroatoms. The monoisotopic (exact) mass is 562 g/mol. The second kappa shape index (κ2) is 10.8. The number of allylic oxidation sites excluding steroid dienone is 1. The predicted octanol–water partition coefficient (Wildman–Crippen LogP) is 5.91. The van der Waals surface area contributed by atoms with Crippen LogP contribution in [0.3, 0.4) is 0 Å². The van der Waals surface area contributed by atoms with Crippen LogP contribution in [0.15, 0.2) is 90.0 Å². The Morgan fingerprint density at radius 3 is 2.59 bits per heavy atom. The van der Waals surface area contributed by atoms with Crippen molar-refractivity contribution < 1.29 is 8.42 Å². The summed E-state index contributed by atoms with van der Waals surface area (Å²) < 4.78 is 32.4. The van der Waals surface area contributed by atoms with Gasteiger partial charge in [-0.1, -0.05) is 49.4 Å². The van der Waals surface area contributed by atoms with E-state index in [4.69, 9.17) is 10.1 Å². The lowest BCUT2D eigenvalue weighted by Crippen LogP contribution is -2.39. The third kappa shape index (κ3) is 5.08. The summed E-state index contributed by atoms with van der Waals surface area (Å²) in [6, 6.07) is 26.7. The fourth-order valence-corrected chi connectivity index (χ4v) is 7.08. The number of sulfonamides is 1. The molecule has 206 valence electrons. The summed E-state index contributed by atoms with van der Waals surface area (Å²) >= 11 is 0. The number of nitriles is 1. The zero-order chi connectivity index (χ0) is 28.6. The van der Waals surface area contributed by atoms with Gasteiger partial charge in [0.25, 0.3) is 0 Å². The van der Waals surface area contributed by atoms with Gasteiger partial charge >= 0.3 is 0 Å². The first-order valence-corrected chi connectivity index (χ1v) is 15.1. The summed E-state index contributed by atoms with van der Waals surface area (Å²) in [5, 5.41) is 15.1. The molecule has 1 atom stereocenters. The van der Waals surface area contributed by atoms with Crippen LogP contribution in [-0.2, 0) is 17.1 Å². The van der Waals surface area contributed by atoms with Crippen molar-refractivity contribution in [2.45, 2.75) is 24.7 Å². The molecule has 3 aromatic carbocycles. The minimum Gasteiger partial charge on any atom is -0.327 e. The third-order valence-electron chi connectivity index (χ3n) is 7.58. The molecule has 5 aromatic rings. The molecule has 0 amide bonds. The molecule has 0 saturated carbocycles. The number of fused-ring (bicyclic) bond motifs is 1. The van der Waals surface area contributed by atoms with E-state index in [1.807, 2.05) is 78.5 Å². The summed E-state index contributed by atoms with van der Waals surface area (Å²) in [7, 11) is -1.77. The van der Waals surface area contributed by atoms with Gasteiger partial charge in [-0.2, -0.15) is 14.7 Å². The molecule has 0 radical (unpaired) electrons. The summed E-state index contributed by atoms with van der Waals surface area (Å²) in [4.78, 5) is 4.95. The number of hydrogen-bond donors (Lipinski definition) is 0. The van der Waals surface area contributed by atoms with E-state index >= 15 is 0 Å². The molecule has 41 heavy (non-hydrogen) atoms. The Hall–Kier alpha value is -4.52. The van der Waals surface area contributed by atoms with Gasteiger partial charge in [0.1, 0.15) is 11.8 Å². The SMILES string of the molecule is CC1CCCN(S(=O)(=O)c2cccc(-c3nn(-c4ccccc4)cc3/C=C(/C#N)c3nc4ccccc4n3C)c2)C1. The molecule has 6 rings (SSSR count). The van der Waals surface area contributed by atoms with E-state index in [9.17, 15) is 13.7 Å². The van der Waals surface area contributed by atoms with E-state index < -0.39 is 10.0 Å². The fraction of sp³-hybridized carbons (Fsp3) is 0.219. The zero-order valence-corrected chi connectivity index (χ0v) is 23.8. The first-order valence-electron chi connectivity index (χ1n) is 13.6. The molecule has 0 aliphatic carbocycles. The molecule has 1 aliphatic heterocycles. The zero-order valence-electron chi connectivity index (χ0n) is 23.0. The molecule has 3 heterocycles. The van der Waals surface area contributed by atoms with Crippen LogP contribution in [0.25, 0.3) is 39.6 Å². The maximum absolute atomic E-state index is 13.6. The minimum atomic E-state index is -3.66. The Morgan fingerprint density at radius 2 is 1.83 bits per heavy atom. The van der Waals surface area contributed by atoms with Gasteiger partial charge in [0.15, 0.2) is 5.82 Å². The molecule has 0 N–H and O–H groups in total. The van der Waals surface area contributed by atoms with Crippen LogP contribution >= 0.6 is 0 Å². The third-order valence-corrected chi connectivity index (χ3v) is 9.44. The van der Waals surface area contributed by atoms with Crippen molar-refractivity contribution in [2.75, 3.05) is 13.1 Å². The van der Waals surface area contributed by atoms with Crippen LogP contribution in [0.2, 0.25) is 0 Å². The number of piperidine rings is 1. The van der Waals surface area contributed by atoms with Crippen LogP contribution in [0, 0.1) is 17.2 Å². The van der Waals surface area contributed by atoms with Gasteiger partial charge in [0.2, 0.25) is 10.0 Å². The molecular formula is C32H30N6O2S. The van der Waals surface area contributed by atoms with Gasteiger partial charge in [0.05, 0.1) is 27.2 Å². The average Bonchev–Trinajstić information content (AvgIpc) is 3.57. The van der Waals surface area contributed by atoms with E-state index in [0.717, 1.165) is 29.6 Å². The lowest BCUT2D eigenvalue weighted by molar-refractivity contribution is 0.281. The Morgan fingerprint density at radius 1 is 1.05 bits per heavy atom.